The molecule has 3 aromatic rings. The number of aromatic nitrogens is 3. The van der Waals surface area contributed by atoms with Gasteiger partial charge in [0, 0.05) is 37.5 Å². The summed E-state index contributed by atoms with van der Waals surface area (Å²) in [7, 11) is 0. The minimum atomic E-state index is -0.821. The molecule has 0 spiro atoms. The highest BCUT2D eigenvalue weighted by molar-refractivity contribution is 6.31. The maximum Gasteiger partial charge on any atom is 0.258 e. The zero-order chi connectivity index (χ0) is 23.7. The second-order valence-corrected chi connectivity index (χ2v) is 8.78. The van der Waals surface area contributed by atoms with Crippen molar-refractivity contribution in [1.82, 2.24) is 19.7 Å². The van der Waals surface area contributed by atoms with Crippen molar-refractivity contribution in [3.63, 3.8) is 0 Å². The summed E-state index contributed by atoms with van der Waals surface area (Å²) >= 11 is 6.22. The minimum absolute atomic E-state index is 0.0801. The maximum atomic E-state index is 15.1. The third kappa shape index (κ3) is 4.74. The van der Waals surface area contributed by atoms with Crippen LogP contribution in [0.5, 0.6) is 5.75 Å². The van der Waals surface area contributed by atoms with Crippen LogP contribution in [0.2, 0.25) is 5.02 Å². The number of aryl methyl sites for hydroxylation is 1. The molecule has 3 heterocycles. The van der Waals surface area contributed by atoms with E-state index in [1.165, 1.54) is 6.07 Å². The number of fused-ring (bicyclic) bond motifs is 1. The van der Waals surface area contributed by atoms with E-state index in [1.54, 1.807) is 12.4 Å². The Labute approximate surface area is 196 Å². The quantitative estimate of drug-likeness (QED) is 0.540. The van der Waals surface area contributed by atoms with E-state index in [4.69, 9.17) is 26.8 Å². The Morgan fingerprint density at radius 3 is 2.97 bits per heavy atom. The number of nitrogens with two attached hydrogens (primary N) is 1. The Hall–Kier alpha value is -2.91. The molecule has 1 aliphatic rings. The standard InChI is InChI=1S/C23H27ClFN5O3/c1-12(2)33-21-14(10-17-29-13(3)20-22(26)27-6-7-30(17)20)9-16(24)19(25)18(21)23(31)28-11-15-5-4-8-32-15/h6-7,9,12,15H,4-5,8,10-11H2,1-3H3,(H2,26,27)(H,28,31). The fourth-order valence-electron chi connectivity index (χ4n) is 4.08. The third-order valence-corrected chi connectivity index (χ3v) is 5.80. The van der Waals surface area contributed by atoms with Gasteiger partial charge in [-0.15, -0.1) is 0 Å². The van der Waals surface area contributed by atoms with E-state index in [-0.39, 0.29) is 41.5 Å². The number of nitrogen functional groups attached to an aromatic ring is 1. The van der Waals surface area contributed by atoms with Crippen molar-refractivity contribution in [3.8, 4) is 5.75 Å². The minimum Gasteiger partial charge on any atom is -0.490 e. The molecule has 1 aliphatic heterocycles. The predicted octanol–water partition coefficient (Wildman–Crippen LogP) is 3.70. The van der Waals surface area contributed by atoms with E-state index in [1.807, 2.05) is 25.2 Å². The molecule has 2 aromatic heterocycles. The van der Waals surface area contributed by atoms with Gasteiger partial charge in [-0.1, -0.05) is 11.6 Å². The molecule has 0 radical (unpaired) electrons. The molecule has 1 amide bonds. The zero-order valence-corrected chi connectivity index (χ0v) is 19.6. The fraction of sp³-hybridized carbons (Fsp3) is 0.435. The highest BCUT2D eigenvalue weighted by Crippen LogP contribution is 2.35. The van der Waals surface area contributed by atoms with Gasteiger partial charge >= 0.3 is 0 Å². The number of ether oxygens (including phenoxy) is 2. The lowest BCUT2D eigenvalue weighted by molar-refractivity contribution is 0.0849. The van der Waals surface area contributed by atoms with Crippen molar-refractivity contribution in [2.24, 2.45) is 0 Å². The van der Waals surface area contributed by atoms with Crippen LogP contribution in [0.4, 0.5) is 10.2 Å². The Bertz CT molecular complexity index is 1190. The van der Waals surface area contributed by atoms with Gasteiger partial charge < -0.3 is 20.5 Å². The van der Waals surface area contributed by atoms with Gasteiger partial charge in [-0.2, -0.15) is 0 Å². The lowest BCUT2D eigenvalue weighted by Crippen LogP contribution is -2.33. The van der Waals surface area contributed by atoms with E-state index < -0.39 is 11.7 Å². The molecule has 1 atom stereocenters. The highest BCUT2D eigenvalue weighted by atomic mass is 35.5. The van der Waals surface area contributed by atoms with Gasteiger partial charge in [0.15, 0.2) is 5.82 Å². The number of imidazole rings is 1. The second-order valence-electron chi connectivity index (χ2n) is 8.37. The number of hydrogen-bond acceptors (Lipinski definition) is 6. The highest BCUT2D eigenvalue weighted by Gasteiger charge is 2.27. The van der Waals surface area contributed by atoms with E-state index in [0.29, 0.717) is 35.0 Å². The van der Waals surface area contributed by atoms with Crippen LogP contribution in [0.15, 0.2) is 18.5 Å². The number of amides is 1. The molecule has 0 saturated carbocycles. The molecular formula is C23H27ClFN5O3. The normalized spacial score (nSPS) is 16.0. The molecule has 1 fully saturated rings. The van der Waals surface area contributed by atoms with Gasteiger partial charge in [-0.05, 0) is 39.7 Å². The van der Waals surface area contributed by atoms with E-state index in [9.17, 15) is 4.79 Å². The number of nitrogens with zero attached hydrogens (tertiary/aromatic N) is 3. The van der Waals surface area contributed by atoms with Crippen molar-refractivity contribution in [2.75, 3.05) is 18.9 Å². The summed E-state index contributed by atoms with van der Waals surface area (Å²) in [6.45, 7) is 6.41. The Balaban J connectivity index is 1.75. The molecule has 1 saturated heterocycles. The summed E-state index contributed by atoms with van der Waals surface area (Å²) in [4.78, 5) is 21.8. The second kappa shape index (κ2) is 9.52. The van der Waals surface area contributed by atoms with Gasteiger partial charge in [0.1, 0.15) is 28.5 Å². The number of carbonyl (C=O) groups is 1. The first-order valence-electron chi connectivity index (χ1n) is 10.9. The lowest BCUT2D eigenvalue weighted by atomic mass is 10.0. The molecule has 10 heteroatoms. The molecule has 0 aliphatic carbocycles. The summed E-state index contributed by atoms with van der Waals surface area (Å²) in [6.07, 6.45) is 4.99. The molecule has 3 N–H and O–H groups in total. The summed E-state index contributed by atoms with van der Waals surface area (Å²) in [5.74, 6) is -0.274. The van der Waals surface area contributed by atoms with Crippen molar-refractivity contribution in [1.29, 1.82) is 0 Å². The van der Waals surface area contributed by atoms with E-state index in [2.05, 4.69) is 15.3 Å². The van der Waals surface area contributed by atoms with Crippen LogP contribution in [0.3, 0.4) is 0 Å². The van der Waals surface area contributed by atoms with Crippen LogP contribution in [-0.2, 0) is 11.2 Å². The van der Waals surface area contributed by atoms with Gasteiger partial charge in [0.2, 0.25) is 0 Å². The predicted molar refractivity (Wildman–Crippen MR) is 123 cm³/mol. The molecular weight excluding hydrogens is 449 g/mol. The Kier molecular flexibility index (Phi) is 6.71. The zero-order valence-electron chi connectivity index (χ0n) is 18.8. The average molecular weight is 476 g/mol. The molecule has 176 valence electrons. The fourth-order valence-corrected chi connectivity index (χ4v) is 4.30. The number of hydrogen-bond donors (Lipinski definition) is 2. The third-order valence-electron chi connectivity index (χ3n) is 5.52. The van der Waals surface area contributed by atoms with Crippen molar-refractivity contribution < 1.29 is 18.7 Å². The summed E-state index contributed by atoms with van der Waals surface area (Å²) in [6, 6.07) is 1.48. The lowest BCUT2D eigenvalue weighted by Gasteiger charge is -2.20. The van der Waals surface area contributed by atoms with Crippen molar-refractivity contribution in [3.05, 3.63) is 51.9 Å². The first kappa shape index (κ1) is 23.3. The number of rotatable bonds is 7. The van der Waals surface area contributed by atoms with Crippen LogP contribution < -0.4 is 15.8 Å². The first-order chi connectivity index (χ1) is 15.8. The van der Waals surface area contributed by atoms with Crippen LogP contribution in [0, 0.1) is 12.7 Å². The summed E-state index contributed by atoms with van der Waals surface area (Å²) < 4.78 is 28.5. The van der Waals surface area contributed by atoms with Crippen LogP contribution >= 0.6 is 11.6 Å². The maximum absolute atomic E-state index is 15.1. The monoisotopic (exact) mass is 475 g/mol. The summed E-state index contributed by atoms with van der Waals surface area (Å²) in [5.41, 5.74) is 7.75. The van der Waals surface area contributed by atoms with E-state index >= 15 is 4.39 Å². The van der Waals surface area contributed by atoms with Crippen molar-refractivity contribution >= 4 is 28.8 Å². The molecule has 1 unspecified atom stereocenters. The van der Waals surface area contributed by atoms with Gasteiger partial charge in [-0.3, -0.25) is 9.20 Å². The van der Waals surface area contributed by atoms with Gasteiger partial charge in [0.25, 0.3) is 5.91 Å². The smallest absolute Gasteiger partial charge is 0.258 e. The summed E-state index contributed by atoms with van der Waals surface area (Å²) in [5, 5.41) is 2.60. The molecule has 4 rings (SSSR count). The Morgan fingerprint density at radius 2 is 2.27 bits per heavy atom. The molecule has 0 bridgehead atoms. The van der Waals surface area contributed by atoms with Crippen LogP contribution in [0.25, 0.3) is 5.52 Å². The van der Waals surface area contributed by atoms with Crippen LogP contribution in [-0.4, -0.2) is 45.6 Å². The topological polar surface area (TPSA) is 104 Å². The molecule has 8 nitrogen and oxygen atoms in total. The SMILES string of the molecule is Cc1nc(Cc2cc(Cl)c(F)c(C(=O)NCC3CCCO3)c2OC(C)C)n2ccnc(N)c12. The van der Waals surface area contributed by atoms with Gasteiger partial charge in [0.05, 0.1) is 22.9 Å². The number of anilines is 1. The molecule has 1 aromatic carbocycles. The number of nitrogens with one attached hydrogen (secondary N) is 1. The van der Waals surface area contributed by atoms with Crippen molar-refractivity contribution in [2.45, 2.75) is 52.2 Å². The average Bonchev–Trinajstić information content (AvgIpc) is 3.38. The van der Waals surface area contributed by atoms with E-state index in [0.717, 1.165) is 12.8 Å². The van der Waals surface area contributed by atoms with Gasteiger partial charge in [-0.25, -0.2) is 14.4 Å². The largest absolute Gasteiger partial charge is 0.490 e. The number of carbonyl (C=O) groups excluding carboxylic acids is 1. The van der Waals surface area contributed by atoms with Crippen LogP contribution in [0.1, 0.15) is 54.1 Å². The first-order valence-corrected chi connectivity index (χ1v) is 11.3. The number of benzene rings is 1. The Morgan fingerprint density at radius 1 is 1.48 bits per heavy atom. The molecule has 33 heavy (non-hydrogen) atoms. The number of halogens is 2.